The summed E-state index contributed by atoms with van der Waals surface area (Å²) in [5, 5.41) is 3.06. The highest BCUT2D eigenvalue weighted by Crippen LogP contribution is 2.47. The van der Waals surface area contributed by atoms with Crippen molar-refractivity contribution < 1.29 is 14.0 Å². The van der Waals surface area contributed by atoms with E-state index in [-0.39, 0.29) is 35.6 Å². The summed E-state index contributed by atoms with van der Waals surface area (Å²) in [6.45, 7) is 4.38. The van der Waals surface area contributed by atoms with Crippen molar-refractivity contribution in [1.29, 1.82) is 0 Å². The van der Waals surface area contributed by atoms with E-state index in [9.17, 15) is 14.0 Å². The fraction of sp³-hybridized carbons (Fsp3) is 0.375. The number of likely N-dealkylation sites (tertiary alicyclic amines) is 1. The molecule has 2 aliphatic rings. The number of hydrogen-bond acceptors (Lipinski definition) is 4. The SMILES string of the molecule is CC(C)[C@H](N)C(=O)N1CCC[C@@H]1C(=O)Nc1cccc([C@H]2CC[C@H](c3ccccc3)N2c2ccc(F)cc2)c1. The first-order valence-corrected chi connectivity index (χ1v) is 13.9. The molecule has 0 bridgehead atoms. The molecular formula is C32H37FN4O2. The lowest BCUT2D eigenvalue weighted by molar-refractivity contribution is -0.138. The van der Waals surface area contributed by atoms with Crippen LogP contribution >= 0.6 is 0 Å². The van der Waals surface area contributed by atoms with E-state index >= 15 is 0 Å². The fourth-order valence-corrected chi connectivity index (χ4v) is 5.94. The van der Waals surface area contributed by atoms with Gasteiger partial charge in [0.1, 0.15) is 11.9 Å². The summed E-state index contributed by atoms with van der Waals surface area (Å²) in [5.74, 6) is -0.597. The standard InChI is InChI=1S/C32H37FN4O2/c1-21(2)30(34)32(39)36-19-7-12-29(36)31(38)35-25-11-6-10-23(20-25)28-18-17-27(22-8-4-3-5-9-22)37(28)26-15-13-24(33)14-16-26/h3-6,8-11,13-16,20-21,27-30H,7,12,17-19,34H2,1-2H3,(H,35,38)/t27-,28-,29-,30+/m1/s1. The van der Waals surface area contributed by atoms with Crippen LogP contribution in [0, 0.1) is 11.7 Å². The first kappa shape index (κ1) is 26.9. The summed E-state index contributed by atoms with van der Waals surface area (Å²) in [6, 6.07) is 24.1. The van der Waals surface area contributed by atoms with Gasteiger partial charge < -0.3 is 20.9 Å². The summed E-state index contributed by atoms with van der Waals surface area (Å²) in [4.78, 5) is 30.2. The molecule has 2 heterocycles. The minimum Gasteiger partial charge on any atom is -0.357 e. The van der Waals surface area contributed by atoms with Crippen LogP contribution in [0.2, 0.25) is 0 Å². The minimum atomic E-state index is -0.612. The Morgan fingerprint density at radius 3 is 2.26 bits per heavy atom. The molecule has 2 saturated heterocycles. The van der Waals surface area contributed by atoms with Crippen molar-refractivity contribution >= 4 is 23.2 Å². The smallest absolute Gasteiger partial charge is 0.247 e. The fourth-order valence-electron chi connectivity index (χ4n) is 5.94. The number of nitrogens with zero attached hydrogens (tertiary/aromatic N) is 2. The molecule has 7 heteroatoms. The van der Waals surface area contributed by atoms with Gasteiger partial charge in [-0.3, -0.25) is 9.59 Å². The van der Waals surface area contributed by atoms with Crippen molar-refractivity contribution in [2.24, 2.45) is 11.7 Å². The summed E-state index contributed by atoms with van der Waals surface area (Å²) < 4.78 is 13.8. The van der Waals surface area contributed by atoms with Gasteiger partial charge in [-0.15, -0.1) is 0 Å². The van der Waals surface area contributed by atoms with Crippen molar-refractivity contribution in [3.8, 4) is 0 Å². The van der Waals surface area contributed by atoms with Gasteiger partial charge in [-0.2, -0.15) is 0 Å². The maximum absolute atomic E-state index is 13.8. The van der Waals surface area contributed by atoms with Crippen LogP contribution in [0.3, 0.4) is 0 Å². The molecule has 2 fully saturated rings. The van der Waals surface area contributed by atoms with E-state index in [1.165, 1.54) is 17.7 Å². The lowest BCUT2D eigenvalue weighted by atomic mass is 10.0. The predicted molar refractivity (Wildman–Crippen MR) is 153 cm³/mol. The lowest BCUT2D eigenvalue weighted by Crippen LogP contribution is -2.51. The highest BCUT2D eigenvalue weighted by molar-refractivity contribution is 5.98. The molecule has 3 aromatic rings. The number of nitrogens with two attached hydrogens (primary N) is 1. The van der Waals surface area contributed by atoms with E-state index < -0.39 is 12.1 Å². The molecule has 6 nitrogen and oxygen atoms in total. The molecule has 0 aromatic heterocycles. The monoisotopic (exact) mass is 528 g/mol. The van der Waals surface area contributed by atoms with Crippen molar-refractivity contribution in [1.82, 2.24) is 4.90 Å². The number of carbonyl (C=O) groups excluding carboxylic acids is 2. The molecule has 204 valence electrons. The molecule has 4 atom stereocenters. The summed E-state index contributed by atoms with van der Waals surface area (Å²) in [5.41, 5.74) is 10.1. The maximum Gasteiger partial charge on any atom is 0.247 e. The van der Waals surface area contributed by atoms with Crippen LogP contribution in [0.1, 0.15) is 62.7 Å². The van der Waals surface area contributed by atoms with Crippen molar-refractivity contribution in [2.45, 2.75) is 63.7 Å². The van der Waals surface area contributed by atoms with E-state index in [0.717, 1.165) is 30.5 Å². The van der Waals surface area contributed by atoms with Gasteiger partial charge in [0.05, 0.1) is 18.1 Å². The molecule has 0 saturated carbocycles. The van der Waals surface area contributed by atoms with Crippen LogP contribution in [-0.4, -0.2) is 35.3 Å². The molecule has 0 radical (unpaired) electrons. The van der Waals surface area contributed by atoms with Gasteiger partial charge in [0.25, 0.3) is 0 Å². The third-order valence-electron chi connectivity index (χ3n) is 8.08. The maximum atomic E-state index is 13.8. The zero-order valence-electron chi connectivity index (χ0n) is 22.6. The molecule has 5 rings (SSSR count). The third-order valence-corrected chi connectivity index (χ3v) is 8.08. The van der Waals surface area contributed by atoms with E-state index in [4.69, 9.17) is 5.73 Å². The number of benzene rings is 3. The Kier molecular flexibility index (Phi) is 7.98. The second-order valence-corrected chi connectivity index (χ2v) is 11.0. The van der Waals surface area contributed by atoms with Crippen molar-refractivity contribution in [2.75, 3.05) is 16.8 Å². The molecule has 2 aliphatic heterocycles. The van der Waals surface area contributed by atoms with Gasteiger partial charge in [-0.25, -0.2) is 4.39 Å². The van der Waals surface area contributed by atoms with Gasteiger partial charge >= 0.3 is 0 Å². The van der Waals surface area contributed by atoms with Crippen LogP contribution < -0.4 is 16.0 Å². The Bertz CT molecular complexity index is 1300. The van der Waals surface area contributed by atoms with Crippen LogP contribution in [0.15, 0.2) is 78.9 Å². The number of carbonyl (C=O) groups is 2. The first-order chi connectivity index (χ1) is 18.8. The van der Waals surface area contributed by atoms with Gasteiger partial charge in [0.15, 0.2) is 0 Å². The normalized spacial score (nSPS) is 21.8. The Morgan fingerprint density at radius 1 is 0.897 bits per heavy atom. The first-order valence-electron chi connectivity index (χ1n) is 13.9. The van der Waals surface area contributed by atoms with Gasteiger partial charge in [0, 0.05) is 17.9 Å². The Hall–Kier alpha value is -3.71. The van der Waals surface area contributed by atoms with Crippen LogP contribution in [0.5, 0.6) is 0 Å². The number of nitrogens with one attached hydrogen (secondary N) is 1. The van der Waals surface area contributed by atoms with Crippen LogP contribution in [0.25, 0.3) is 0 Å². The largest absolute Gasteiger partial charge is 0.357 e. The zero-order chi connectivity index (χ0) is 27.5. The molecule has 3 N–H and O–H groups in total. The molecule has 39 heavy (non-hydrogen) atoms. The minimum absolute atomic E-state index is 0.00803. The van der Waals surface area contributed by atoms with Crippen LogP contribution in [-0.2, 0) is 9.59 Å². The zero-order valence-corrected chi connectivity index (χ0v) is 22.6. The molecular weight excluding hydrogens is 491 g/mol. The van der Waals surface area contributed by atoms with Gasteiger partial charge in [-0.1, -0.05) is 56.3 Å². The molecule has 0 aliphatic carbocycles. The number of halogens is 1. The summed E-state index contributed by atoms with van der Waals surface area (Å²) in [6.07, 6.45) is 3.29. The molecule has 0 unspecified atom stereocenters. The third kappa shape index (κ3) is 5.69. The highest BCUT2D eigenvalue weighted by Gasteiger charge is 2.38. The predicted octanol–water partition coefficient (Wildman–Crippen LogP) is 5.82. The quantitative estimate of drug-likeness (QED) is 0.405. The Morgan fingerprint density at radius 2 is 1.56 bits per heavy atom. The topological polar surface area (TPSA) is 78.7 Å². The molecule has 2 amide bonds. The second kappa shape index (κ2) is 11.6. The van der Waals surface area contributed by atoms with E-state index in [1.807, 2.05) is 62.4 Å². The Labute approximate surface area is 230 Å². The molecule has 0 spiro atoms. The number of amides is 2. The lowest BCUT2D eigenvalue weighted by Gasteiger charge is -2.33. The summed E-state index contributed by atoms with van der Waals surface area (Å²) in [7, 11) is 0. The number of anilines is 2. The van der Waals surface area contributed by atoms with Gasteiger partial charge in [0.2, 0.25) is 11.8 Å². The number of hydrogen-bond donors (Lipinski definition) is 2. The van der Waals surface area contributed by atoms with E-state index in [1.54, 1.807) is 4.90 Å². The van der Waals surface area contributed by atoms with Gasteiger partial charge in [-0.05, 0) is 79.1 Å². The average Bonchev–Trinajstić information content (AvgIpc) is 3.61. The van der Waals surface area contributed by atoms with Crippen molar-refractivity contribution in [3.05, 3.63) is 95.8 Å². The Balaban J connectivity index is 1.38. The molecule has 3 aromatic carbocycles. The van der Waals surface area contributed by atoms with Crippen LogP contribution in [0.4, 0.5) is 15.8 Å². The van der Waals surface area contributed by atoms with E-state index in [2.05, 4.69) is 28.4 Å². The van der Waals surface area contributed by atoms with Crippen molar-refractivity contribution in [3.63, 3.8) is 0 Å². The van der Waals surface area contributed by atoms with E-state index in [0.29, 0.717) is 18.7 Å². The average molecular weight is 529 g/mol. The highest BCUT2D eigenvalue weighted by atomic mass is 19.1. The second-order valence-electron chi connectivity index (χ2n) is 11.0. The summed E-state index contributed by atoms with van der Waals surface area (Å²) >= 11 is 0. The number of rotatable bonds is 7.